The van der Waals surface area contributed by atoms with Crippen LogP contribution in [0.3, 0.4) is 0 Å². The van der Waals surface area contributed by atoms with Crippen LogP contribution < -0.4 is 0 Å². The summed E-state index contributed by atoms with van der Waals surface area (Å²) in [6.45, 7) is 4.54. The smallest absolute Gasteiger partial charge is 0.307 e. The molecule has 4 unspecified atom stereocenters. The van der Waals surface area contributed by atoms with E-state index in [0.29, 0.717) is 25.7 Å². The second kappa shape index (κ2) is 32.6. The summed E-state index contributed by atoms with van der Waals surface area (Å²) in [4.78, 5) is 45.0. The Labute approximate surface area is 329 Å². The van der Waals surface area contributed by atoms with Gasteiger partial charge in [-0.3, -0.25) is 19.2 Å². The Morgan fingerprint density at radius 3 is 0.833 bits per heavy atom. The van der Waals surface area contributed by atoms with Gasteiger partial charge in [0.05, 0.1) is 23.7 Å². The molecule has 0 radical (unpaired) electrons. The first kappa shape index (κ1) is 49.4. The molecule has 8 heteroatoms. The number of unbranched alkanes of at least 4 members (excludes halogenated alkanes) is 24. The number of carboxylic acids is 4. The van der Waals surface area contributed by atoms with Crippen LogP contribution in [-0.4, -0.2) is 44.3 Å². The van der Waals surface area contributed by atoms with Crippen LogP contribution in [0.1, 0.15) is 219 Å². The average Bonchev–Trinajstić information content (AvgIpc) is 3.15. The third-order valence-corrected chi connectivity index (χ3v) is 11.8. The van der Waals surface area contributed by atoms with Gasteiger partial charge in [0.2, 0.25) is 0 Å². The number of rotatable bonds is 32. The number of allylic oxidation sites excluding steroid dienone is 4. The molecule has 0 amide bonds. The van der Waals surface area contributed by atoms with E-state index in [-0.39, 0.29) is 0 Å². The zero-order valence-electron chi connectivity index (χ0n) is 34.5. The quantitative estimate of drug-likeness (QED) is 0.0391. The van der Waals surface area contributed by atoms with E-state index in [4.69, 9.17) is 10.2 Å². The molecule has 0 aliphatic heterocycles. The minimum absolute atomic E-state index is 0.326. The van der Waals surface area contributed by atoms with Crippen LogP contribution in [0.25, 0.3) is 0 Å². The highest BCUT2D eigenvalue weighted by atomic mass is 16.4. The van der Waals surface area contributed by atoms with Crippen LogP contribution >= 0.6 is 0 Å². The third-order valence-electron chi connectivity index (χ3n) is 11.8. The van der Waals surface area contributed by atoms with Crippen molar-refractivity contribution in [2.75, 3.05) is 0 Å². The standard InChI is InChI=1S/C38H70O4.C8H10O4/c1-3-5-7-9-11-13-15-17-19-21-23-25-27-29-33-31-35(37(39)40)36(38(41)42)32-34(33)30-28-26-24-22-20-18-16-14-12-10-8-6-4-2;9-7(10)5-3-1-2-4-6(5)8(11)12/h35-36H,3-32H2,1-2H3,(H,39,40)(H,41,42);1-2,5-6H,3-4H2,(H,9,10)(H,11,12). The van der Waals surface area contributed by atoms with Gasteiger partial charge in [-0.05, 0) is 51.4 Å². The van der Waals surface area contributed by atoms with Crippen molar-refractivity contribution >= 4 is 23.9 Å². The van der Waals surface area contributed by atoms with Crippen LogP contribution in [-0.2, 0) is 19.2 Å². The second-order valence-corrected chi connectivity index (χ2v) is 16.3. The SMILES string of the molecule is CCCCCCCCCCCCCCCC1=C(CCCCCCCCCCCCCCC)CC(C(=O)O)C(C(=O)O)C1.O=C(O)C1CC=CCC1C(=O)O. The van der Waals surface area contributed by atoms with Crippen molar-refractivity contribution in [1.82, 2.24) is 0 Å². The van der Waals surface area contributed by atoms with Gasteiger partial charge in [0, 0.05) is 0 Å². The highest BCUT2D eigenvalue weighted by Gasteiger charge is 2.38. The molecule has 8 nitrogen and oxygen atoms in total. The van der Waals surface area contributed by atoms with E-state index in [0.717, 1.165) is 25.7 Å². The summed E-state index contributed by atoms with van der Waals surface area (Å²) < 4.78 is 0. The molecule has 2 aliphatic rings. The highest BCUT2D eigenvalue weighted by molar-refractivity contribution is 5.81. The first-order valence-corrected chi connectivity index (χ1v) is 22.4. The zero-order chi connectivity index (χ0) is 39.8. The maximum Gasteiger partial charge on any atom is 0.307 e. The molecular weight excluding hydrogens is 680 g/mol. The number of hydrogen-bond donors (Lipinski definition) is 4. The summed E-state index contributed by atoms with van der Waals surface area (Å²) in [5.41, 5.74) is 2.56. The number of carbonyl (C=O) groups is 4. The molecule has 0 aromatic heterocycles. The van der Waals surface area contributed by atoms with Crippen molar-refractivity contribution in [3.8, 4) is 0 Å². The van der Waals surface area contributed by atoms with Crippen molar-refractivity contribution in [3.05, 3.63) is 23.3 Å². The molecule has 0 spiro atoms. The highest BCUT2D eigenvalue weighted by Crippen LogP contribution is 2.39. The van der Waals surface area contributed by atoms with Crippen molar-refractivity contribution < 1.29 is 39.6 Å². The Morgan fingerprint density at radius 2 is 0.611 bits per heavy atom. The fourth-order valence-corrected chi connectivity index (χ4v) is 8.25. The molecule has 0 saturated heterocycles. The maximum absolute atomic E-state index is 11.9. The Hall–Kier alpha value is -2.64. The normalized spacial score (nSPS) is 19.7. The van der Waals surface area contributed by atoms with Gasteiger partial charge in [-0.25, -0.2) is 0 Å². The predicted octanol–water partition coefficient (Wildman–Crippen LogP) is 13.2. The third kappa shape index (κ3) is 23.3. The summed E-state index contributed by atoms with van der Waals surface area (Å²) in [6, 6.07) is 0. The monoisotopic (exact) mass is 761 g/mol. The fraction of sp³-hybridized carbons (Fsp3) is 0.826. The topological polar surface area (TPSA) is 149 Å². The largest absolute Gasteiger partial charge is 0.481 e. The van der Waals surface area contributed by atoms with E-state index in [1.807, 2.05) is 0 Å². The molecule has 2 aliphatic carbocycles. The van der Waals surface area contributed by atoms with Gasteiger partial charge < -0.3 is 20.4 Å². The second-order valence-electron chi connectivity index (χ2n) is 16.3. The van der Waals surface area contributed by atoms with E-state index in [2.05, 4.69) is 13.8 Å². The van der Waals surface area contributed by atoms with Gasteiger partial charge in [0.15, 0.2) is 0 Å². The Morgan fingerprint density at radius 1 is 0.389 bits per heavy atom. The summed E-state index contributed by atoms with van der Waals surface area (Å²) >= 11 is 0. The van der Waals surface area contributed by atoms with Crippen LogP contribution in [0.15, 0.2) is 23.3 Å². The molecule has 0 heterocycles. The van der Waals surface area contributed by atoms with E-state index >= 15 is 0 Å². The van der Waals surface area contributed by atoms with E-state index in [1.165, 1.54) is 165 Å². The van der Waals surface area contributed by atoms with E-state index in [9.17, 15) is 29.4 Å². The summed E-state index contributed by atoms with van der Waals surface area (Å²) in [5, 5.41) is 36.8. The lowest BCUT2D eigenvalue weighted by Crippen LogP contribution is -2.33. The first-order chi connectivity index (χ1) is 26.1. The van der Waals surface area contributed by atoms with Gasteiger partial charge in [-0.2, -0.15) is 0 Å². The molecule has 2 rings (SSSR count). The molecule has 0 saturated carbocycles. The minimum atomic E-state index is -1.02. The molecule has 54 heavy (non-hydrogen) atoms. The lowest BCUT2D eigenvalue weighted by molar-refractivity contribution is -0.154. The van der Waals surface area contributed by atoms with Crippen LogP contribution in [0, 0.1) is 23.7 Å². The summed E-state index contributed by atoms with van der Waals surface area (Å²) in [5.74, 6) is -6.97. The Balaban J connectivity index is 0.00000102. The fourth-order valence-electron chi connectivity index (χ4n) is 8.25. The summed E-state index contributed by atoms with van der Waals surface area (Å²) in [7, 11) is 0. The Kier molecular flexibility index (Phi) is 29.8. The zero-order valence-corrected chi connectivity index (χ0v) is 34.5. The Bertz CT molecular complexity index is 997. The molecule has 0 aromatic rings. The van der Waals surface area contributed by atoms with E-state index in [1.54, 1.807) is 12.2 Å². The molecular formula is C46H80O8. The van der Waals surface area contributed by atoms with Crippen molar-refractivity contribution in [1.29, 1.82) is 0 Å². The number of carboxylic acid groups (broad SMARTS) is 4. The summed E-state index contributed by atoms with van der Waals surface area (Å²) in [6.07, 6.45) is 41.4. The van der Waals surface area contributed by atoms with E-state index < -0.39 is 47.5 Å². The van der Waals surface area contributed by atoms with Crippen molar-refractivity contribution in [2.45, 2.75) is 219 Å². The van der Waals surface area contributed by atoms with Gasteiger partial charge in [-0.15, -0.1) is 0 Å². The van der Waals surface area contributed by atoms with Gasteiger partial charge >= 0.3 is 23.9 Å². The van der Waals surface area contributed by atoms with Gasteiger partial charge in [0.1, 0.15) is 0 Å². The number of hydrogen-bond acceptors (Lipinski definition) is 4. The minimum Gasteiger partial charge on any atom is -0.481 e. The molecule has 0 fully saturated rings. The van der Waals surface area contributed by atoms with Gasteiger partial charge in [-0.1, -0.05) is 191 Å². The van der Waals surface area contributed by atoms with Crippen LogP contribution in [0.4, 0.5) is 0 Å². The van der Waals surface area contributed by atoms with Crippen LogP contribution in [0.5, 0.6) is 0 Å². The predicted molar refractivity (Wildman–Crippen MR) is 220 cm³/mol. The molecule has 0 bridgehead atoms. The molecule has 4 N–H and O–H groups in total. The average molecular weight is 761 g/mol. The first-order valence-electron chi connectivity index (χ1n) is 22.4. The van der Waals surface area contributed by atoms with Crippen LogP contribution in [0.2, 0.25) is 0 Å². The van der Waals surface area contributed by atoms with Gasteiger partial charge in [0.25, 0.3) is 0 Å². The molecule has 0 aromatic carbocycles. The molecule has 4 atom stereocenters. The molecule has 312 valence electrons. The number of aliphatic carboxylic acids is 4. The lowest BCUT2D eigenvalue weighted by atomic mass is 9.73. The lowest BCUT2D eigenvalue weighted by Gasteiger charge is -2.30. The van der Waals surface area contributed by atoms with Crippen molar-refractivity contribution in [3.63, 3.8) is 0 Å². The maximum atomic E-state index is 11.9. The van der Waals surface area contributed by atoms with Crippen molar-refractivity contribution in [2.24, 2.45) is 23.7 Å².